The lowest BCUT2D eigenvalue weighted by molar-refractivity contribution is -0.137. The maximum atomic E-state index is 13.7. The van der Waals surface area contributed by atoms with Crippen molar-refractivity contribution in [3.63, 3.8) is 0 Å². The number of likely N-dealkylation sites (N-methyl/N-ethyl adjacent to an activating group) is 1. The van der Waals surface area contributed by atoms with Crippen molar-refractivity contribution in [2.75, 3.05) is 26.2 Å². The van der Waals surface area contributed by atoms with Crippen LogP contribution < -0.4 is 0 Å². The average molecular weight is 408 g/mol. The highest BCUT2D eigenvalue weighted by atomic mass is 16.2. The molecule has 0 unspecified atom stereocenters. The van der Waals surface area contributed by atoms with E-state index in [9.17, 15) is 9.59 Å². The largest absolute Gasteiger partial charge is 0.327 e. The fraction of sp³-hybridized carbons (Fsp3) is 0.600. The molecule has 1 spiro atoms. The molecule has 4 aliphatic rings. The van der Waals surface area contributed by atoms with Crippen molar-refractivity contribution < 1.29 is 9.59 Å². The second-order valence-electron chi connectivity index (χ2n) is 9.52. The Balaban J connectivity index is 1.30. The molecule has 1 aromatic carbocycles. The van der Waals surface area contributed by atoms with Crippen LogP contribution in [0.4, 0.5) is 4.79 Å². The monoisotopic (exact) mass is 407 g/mol. The number of amides is 3. The van der Waals surface area contributed by atoms with E-state index >= 15 is 0 Å². The predicted molar refractivity (Wildman–Crippen MR) is 117 cm³/mol. The van der Waals surface area contributed by atoms with E-state index in [4.69, 9.17) is 0 Å². The summed E-state index contributed by atoms with van der Waals surface area (Å²) in [5.41, 5.74) is 1.94. The number of hydrogen-bond donors (Lipinski definition) is 0. The van der Waals surface area contributed by atoms with Gasteiger partial charge in [0.15, 0.2) is 0 Å². The van der Waals surface area contributed by atoms with E-state index in [1.807, 2.05) is 24.0 Å². The summed E-state index contributed by atoms with van der Waals surface area (Å²) in [6, 6.07) is 8.27. The first-order valence-corrected chi connectivity index (χ1v) is 11.7. The standard InChI is InChI=1S/C25H33N3O2/c1-2-27-24(30)28(22-16-20-10-6-7-11-21(20)17-22)23(29)25(27)12-14-26(15-13-25)18-19-8-4-3-5-9-19/h3-4,6-7,10-11,19,22H,2,5,8-9,12-18H2,1H3/t19-/m0/s1. The molecule has 2 aliphatic heterocycles. The minimum absolute atomic E-state index is 0.0251. The van der Waals surface area contributed by atoms with Crippen molar-refractivity contribution >= 4 is 11.9 Å². The van der Waals surface area contributed by atoms with Gasteiger partial charge in [-0.05, 0) is 68.9 Å². The van der Waals surface area contributed by atoms with Crippen molar-refractivity contribution in [3.8, 4) is 0 Å². The topological polar surface area (TPSA) is 43.9 Å². The zero-order valence-corrected chi connectivity index (χ0v) is 18.1. The van der Waals surface area contributed by atoms with Gasteiger partial charge >= 0.3 is 6.03 Å². The van der Waals surface area contributed by atoms with Gasteiger partial charge in [0, 0.05) is 32.2 Å². The molecule has 2 heterocycles. The zero-order chi connectivity index (χ0) is 20.7. The van der Waals surface area contributed by atoms with Crippen LogP contribution in [0.2, 0.25) is 0 Å². The highest BCUT2D eigenvalue weighted by molar-refractivity contribution is 6.07. The summed E-state index contributed by atoms with van der Waals surface area (Å²) in [6.07, 6.45) is 11.4. The van der Waals surface area contributed by atoms with Crippen LogP contribution in [0.5, 0.6) is 0 Å². The van der Waals surface area contributed by atoms with Crippen molar-refractivity contribution in [2.24, 2.45) is 5.92 Å². The van der Waals surface area contributed by atoms with Crippen molar-refractivity contribution in [1.82, 2.24) is 14.7 Å². The summed E-state index contributed by atoms with van der Waals surface area (Å²) in [6.45, 7) is 5.56. The number of rotatable bonds is 4. The molecule has 2 aliphatic carbocycles. The Kier molecular flexibility index (Phi) is 5.18. The van der Waals surface area contributed by atoms with Crippen molar-refractivity contribution in [1.29, 1.82) is 0 Å². The first-order chi connectivity index (χ1) is 14.6. The second-order valence-corrected chi connectivity index (χ2v) is 9.52. The Morgan fingerprint density at radius 3 is 2.33 bits per heavy atom. The fourth-order valence-corrected chi connectivity index (χ4v) is 6.19. The van der Waals surface area contributed by atoms with Crippen LogP contribution in [0.25, 0.3) is 0 Å². The van der Waals surface area contributed by atoms with Crippen LogP contribution >= 0.6 is 0 Å². The quantitative estimate of drug-likeness (QED) is 0.566. The molecule has 0 radical (unpaired) electrons. The van der Waals surface area contributed by atoms with E-state index in [1.165, 1.54) is 30.4 Å². The van der Waals surface area contributed by atoms with Crippen LogP contribution in [0.1, 0.15) is 50.2 Å². The first-order valence-electron chi connectivity index (χ1n) is 11.7. The number of likely N-dealkylation sites (tertiary alicyclic amines) is 1. The molecule has 0 N–H and O–H groups in total. The third kappa shape index (κ3) is 3.18. The smallest absolute Gasteiger partial charge is 0.310 e. The maximum absolute atomic E-state index is 13.7. The number of allylic oxidation sites excluding steroid dienone is 2. The van der Waals surface area contributed by atoms with Gasteiger partial charge in [0.1, 0.15) is 5.54 Å². The van der Waals surface area contributed by atoms with Crippen molar-refractivity contribution in [3.05, 3.63) is 47.5 Å². The number of imide groups is 1. The third-order valence-corrected chi connectivity index (χ3v) is 7.86. The second kappa shape index (κ2) is 7.84. The molecule has 5 nitrogen and oxygen atoms in total. The third-order valence-electron chi connectivity index (χ3n) is 7.86. The van der Waals surface area contributed by atoms with Crippen LogP contribution in [-0.2, 0) is 17.6 Å². The fourth-order valence-electron chi connectivity index (χ4n) is 6.19. The summed E-state index contributed by atoms with van der Waals surface area (Å²) < 4.78 is 0. The van der Waals surface area contributed by atoms with E-state index in [-0.39, 0.29) is 18.0 Å². The lowest BCUT2D eigenvalue weighted by Gasteiger charge is -2.42. The number of hydrogen-bond acceptors (Lipinski definition) is 3. The number of benzene rings is 1. The minimum Gasteiger partial charge on any atom is -0.310 e. The zero-order valence-electron chi connectivity index (χ0n) is 18.1. The molecule has 30 heavy (non-hydrogen) atoms. The summed E-state index contributed by atoms with van der Waals surface area (Å²) in [7, 11) is 0. The van der Waals surface area contributed by atoms with Gasteiger partial charge in [-0.2, -0.15) is 0 Å². The van der Waals surface area contributed by atoms with Crippen LogP contribution in [0.15, 0.2) is 36.4 Å². The van der Waals surface area contributed by atoms with Gasteiger partial charge in [-0.25, -0.2) is 4.79 Å². The molecule has 0 bridgehead atoms. The highest BCUT2D eigenvalue weighted by Gasteiger charge is 2.59. The Bertz CT molecular complexity index is 831. The van der Waals surface area contributed by atoms with Gasteiger partial charge in [-0.1, -0.05) is 36.4 Å². The van der Waals surface area contributed by atoms with Crippen LogP contribution in [0, 0.1) is 5.92 Å². The molecular weight excluding hydrogens is 374 g/mol. The molecule has 160 valence electrons. The summed E-state index contributed by atoms with van der Waals surface area (Å²) in [4.78, 5) is 33.1. The summed E-state index contributed by atoms with van der Waals surface area (Å²) in [5.74, 6) is 0.799. The lowest BCUT2D eigenvalue weighted by Crippen LogP contribution is -2.57. The van der Waals surface area contributed by atoms with Gasteiger partial charge in [0.2, 0.25) is 0 Å². The van der Waals surface area contributed by atoms with Gasteiger partial charge in [-0.15, -0.1) is 0 Å². The Hall–Kier alpha value is -2.14. The van der Waals surface area contributed by atoms with Crippen LogP contribution in [0.3, 0.4) is 0 Å². The normalized spacial score (nSPS) is 26.8. The number of nitrogens with zero attached hydrogens (tertiary/aromatic N) is 3. The highest BCUT2D eigenvalue weighted by Crippen LogP contribution is 2.40. The molecule has 1 aromatic rings. The number of carbonyl (C=O) groups excluding carboxylic acids is 2. The van der Waals surface area contributed by atoms with Crippen LogP contribution in [-0.4, -0.2) is 64.4 Å². The molecular formula is C25H33N3O2. The number of carbonyl (C=O) groups is 2. The van der Waals surface area contributed by atoms with Gasteiger partial charge in [0.05, 0.1) is 0 Å². The molecule has 2 fully saturated rings. The minimum atomic E-state index is -0.621. The first kappa shape index (κ1) is 19.8. The Labute approximate surface area is 179 Å². The number of urea groups is 1. The molecule has 3 amide bonds. The molecule has 1 atom stereocenters. The molecule has 0 aromatic heterocycles. The Morgan fingerprint density at radius 1 is 1.03 bits per heavy atom. The molecule has 2 saturated heterocycles. The van der Waals surface area contributed by atoms with E-state index in [0.29, 0.717) is 6.54 Å². The SMILES string of the molecule is CCN1C(=O)N(C2Cc3ccccc3C2)C(=O)C12CCN(C[C@H]1CC=CCC1)CC2. The lowest BCUT2D eigenvalue weighted by atomic mass is 9.84. The summed E-state index contributed by atoms with van der Waals surface area (Å²) in [5, 5.41) is 0. The number of fused-ring (bicyclic) bond motifs is 1. The van der Waals surface area contributed by atoms with Gasteiger partial charge in [0.25, 0.3) is 5.91 Å². The molecule has 5 rings (SSSR count). The summed E-state index contributed by atoms with van der Waals surface area (Å²) >= 11 is 0. The maximum Gasteiger partial charge on any atom is 0.327 e. The van der Waals surface area contributed by atoms with Gasteiger partial charge < -0.3 is 9.80 Å². The average Bonchev–Trinajstić information content (AvgIpc) is 3.27. The van der Waals surface area contributed by atoms with E-state index in [1.54, 1.807) is 4.90 Å². The molecule has 0 saturated carbocycles. The number of piperidine rings is 1. The van der Waals surface area contributed by atoms with E-state index in [2.05, 4.69) is 29.2 Å². The predicted octanol–water partition coefficient (Wildman–Crippen LogP) is 3.63. The van der Waals surface area contributed by atoms with Crippen molar-refractivity contribution in [2.45, 2.75) is 63.5 Å². The Morgan fingerprint density at radius 2 is 1.73 bits per heavy atom. The van der Waals surface area contributed by atoms with E-state index in [0.717, 1.165) is 51.2 Å². The molecule has 5 heteroatoms. The van der Waals surface area contributed by atoms with E-state index < -0.39 is 5.54 Å². The van der Waals surface area contributed by atoms with Gasteiger partial charge in [-0.3, -0.25) is 9.69 Å².